The quantitative estimate of drug-likeness (QED) is 0.431. The van der Waals surface area contributed by atoms with Crippen LogP contribution in [0.1, 0.15) is 11.1 Å². The summed E-state index contributed by atoms with van der Waals surface area (Å²) in [5.41, 5.74) is 1.94. The number of nitrogens with zero attached hydrogens (tertiary/aromatic N) is 1. The summed E-state index contributed by atoms with van der Waals surface area (Å²) in [5.74, 6) is -2.32. The first-order valence-corrected chi connectivity index (χ1v) is 8.17. The Morgan fingerprint density at radius 2 is 2.03 bits per heavy atom. The molecule has 29 heavy (non-hydrogen) atoms. The SMILES string of the molecule is O=C(NO)[C@H]1COC(c2ccc(OCc3cccc(F)c3)c(OC(F)(F)F)c2)=N1. The highest BCUT2D eigenvalue weighted by atomic mass is 19.4. The van der Waals surface area contributed by atoms with Crippen LogP contribution in [0, 0.1) is 5.82 Å². The Morgan fingerprint density at radius 3 is 2.72 bits per heavy atom. The van der Waals surface area contributed by atoms with Gasteiger partial charge in [0.1, 0.15) is 19.0 Å². The highest BCUT2D eigenvalue weighted by molar-refractivity contribution is 5.98. The third-order valence-corrected chi connectivity index (χ3v) is 3.76. The van der Waals surface area contributed by atoms with Crippen molar-refractivity contribution in [3.63, 3.8) is 0 Å². The number of amides is 1. The Bertz CT molecular complexity index is 933. The second kappa shape index (κ2) is 8.35. The number of rotatable bonds is 6. The second-order valence-corrected chi connectivity index (χ2v) is 5.87. The van der Waals surface area contributed by atoms with Gasteiger partial charge in [0.25, 0.3) is 5.91 Å². The van der Waals surface area contributed by atoms with Crippen molar-refractivity contribution in [3.8, 4) is 11.5 Å². The van der Waals surface area contributed by atoms with Crippen LogP contribution in [0.3, 0.4) is 0 Å². The van der Waals surface area contributed by atoms with Gasteiger partial charge in [0.15, 0.2) is 17.5 Å². The van der Waals surface area contributed by atoms with Crippen molar-refractivity contribution in [1.82, 2.24) is 5.48 Å². The van der Waals surface area contributed by atoms with E-state index in [1.807, 2.05) is 0 Å². The maximum atomic E-state index is 13.2. The van der Waals surface area contributed by atoms with Crippen LogP contribution in [0.4, 0.5) is 17.6 Å². The minimum absolute atomic E-state index is 0.0951. The first-order chi connectivity index (χ1) is 13.7. The van der Waals surface area contributed by atoms with Crippen LogP contribution in [0.15, 0.2) is 47.5 Å². The molecule has 3 rings (SSSR count). The molecule has 1 atom stereocenters. The molecule has 2 aromatic carbocycles. The van der Waals surface area contributed by atoms with Crippen molar-refractivity contribution in [2.75, 3.05) is 6.61 Å². The van der Waals surface area contributed by atoms with Crippen LogP contribution < -0.4 is 15.0 Å². The van der Waals surface area contributed by atoms with Gasteiger partial charge in [-0.3, -0.25) is 10.0 Å². The van der Waals surface area contributed by atoms with Gasteiger partial charge in [0, 0.05) is 5.56 Å². The third kappa shape index (κ3) is 5.35. The molecule has 0 aromatic heterocycles. The Labute approximate surface area is 161 Å². The summed E-state index contributed by atoms with van der Waals surface area (Å²) in [6.45, 7) is -0.378. The van der Waals surface area contributed by atoms with Gasteiger partial charge in [-0.15, -0.1) is 13.2 Å². The van der Waals surface area contributed by atoms with E-state index < -0.39 is 29.9 Å². The Kier molecular flexibility index (Phi) is 5.87. The van der Waals surface area contributed by atoms with Crippen molar-refractivity contribution in [3.05, 3.63) is 59.4 Å². The van der Waals surface area contributed by atoms with Crippen molar-refractivity contribution in [2.24, 2.45) is 4.99 Å². The van der Waals surface area contributed by atoms with Gasteiger partial charge < -0.3 is 14.2 Å². The molecule has 2 N–H and O–H groups in total. The number of carbonyl (C=O) groups is 1. The van der Waals surface area contributed by atoms with E-state index in [0.717, 1.165) is 6.07 Å². The van der Waals surface area contributed by atoms with E-state index in [9.17, 15) is 22.4 Å². The lowest BCUT2D eigenvalue weighted by Crippen LogP contribution is -2.31. The minimum Gasteiger partial charge on any atom is -0.485 e. The van der Waals surface area contributed by atoms with E-state index in [0.29, 0.717) is 5.56 Å². The summed E-state index contributed by atoms with van der Waals surface area (Å²) in [5, 5.41) is 8.62. The van der Waals surface area contributed by atoms with Gasteiger partial charge in [0.2, 0.25) is 5.90 Å². The first-order valence-electron chi connectivity index (χ1n) is 8.17. The molecule has 0 saturated carbocycles. The van der Waals surface area contributed by atoms with Crippen molar-refractivity contribution < 1.29 is 41.8 Å². The number of hydrogen-bond donors (Lipinski definition) is 2. The molecule has 0 unspecified atom stereocenters. The smallest absolute Gasteiger partial charge is 0.485 e. The number of benzene rings is 2. The molecular formula is C18H14F4N2O5. The molecule has 0 spiro atoms. The van der Waals surface area contributed by atoms with Crippen LogP contribution in [-0.2, 0) is 16.1 Å². The zero-order valence-electron chi connectivity index (χ0n) is 14.6. The lowest BCUT2D eigenvalue weighted by molar-refractivity contribution is -0.275. The molecular weight excluding hydrogens is 400 g/mol. The number of alkyl halides is 3. The van der Waals surface area contributed by atoms with Crippen molar-refractivity contribution >= 4 is 11.8 Å². The standard InChI is InChI=1S/C18H14F4N2O5/c19-12-3-1-2-10(6-12)8-27-14-5-4-11(7-15(14)29-18(20,21)22)17-23-13(9-28-17)16(25)24-26/h1-7,13,26H,8-9H2,(H,24,25)/t13-/m1/s1. The molecule has 1 amide bonds. The number of halogens is 4. The van der Waals surface area contributed by atoms with E-state index in [2.05, 4.69) is 9.73 Å². The molecule has 0 fully saturated rings. The van der Waals surface area contributed by atoms with Crippen molar-refractivity contribution in [2.45, 2.75) is 19.0 Å². The number of nitrogens with one attached hydrogen (secondary N) is 1. The first kappa shape index (κ1) is 20.4. The summed E-state index contributed by atoms with van der Waals surface area (Å²) >= 11 is 0. The fourth-order valence-electron chi connectivity index (χ4n) is 2.49. The fourth-order valence-corrected chi connectivity index (χ4v) is 2.49. The van der Waals surface area contributed by atoms with E-state index >= 15 is 0 Å². The number of carbonyl (C=O) groups excluding carboxylic acids is 1. The predicted octanol–water partition coefficient (Wildman–Crippen LogP) is 2.95. The Balaban J connectivity index is 1.84. The number of aliphatic imine (C=N–C) groups is 1. The topological polar surface area (TPSA) is 89.4 Å². The van der Waals surface area contributed by atoms with E-state index in [4.69, 9.17) is 14.7 Å². The Hall–Kier alpha value is -3.34. The van der Waals surface area contributed by atoms with Crippen LogP contribution in [-0.4, -0.2) is 36.0 Å². The molecule has 0 radical (unpaired) electrons. The van der Waals surface area contributed by atoms with E-state index in [-0.39, 0.29) is 30.4 Å². The van der Waals surface area contributed by atoms with Crippen LogP contribution in [0.2, 0.25) is 0 Å². The summed E-state index contributed by atoms with van der Waals surface area (Å²) in [7, 11) is 0. The molecule has 0 saturated heterocycles. The molecule has 7 nitrogen and oxygen atoms in total. The van der Waals surface area contributed by atoms with Gasteiger partial charge in [-0.25, -0.2) is 14.9 Å². The molecule has 154 valence electrons. The fraction of sp³-hybridized carbons (Fsp3) is 0.222. The third-order valence-electron chi connectivity index (χ3n) is 3.76. The van der Waals surface area contributed by atoms with Gasteiger partial charge in [0.05, 0.1) is 0 Å². The lowest BCUT2D eigenvalue weighted by Gasteiger charge is -2.15. The number of hydrogen-bond acceptors (Lipinski definition) is 6. The average molecular weight is 414 g/mol. The lowest BCUT2D eigenvalue weighted by atomic mass is 10.2. The number of ether oxygens (including phenoxy) is 3. The summed E-state index contributed by atoms with van der Waals surface area (Å²) in [6.07, 6.45) is -4.99. The molecule has 1 aliphatic rings. The predicted molar refractivity (Wildman–Crippen MR) is 90.1 cm³/mol. The normalized spacial score (nSPS) is 16.0. The highest BCUT2D eigenvalue weighted by Crippen LogP contribution is 2.34. The molecule has 2 aromatic rings. The van der Waals surface area contributed by atoms with Crippen molar-refractivity contribution in [1.29, 1.82) is 0 Å². The molecule has 0 aliphatic carbocycles. The van der Waals surface area contributed by atoms with Crippen LogP contribution >= 0.6 is 0 Å². The maximum absolute atomic E-state index is 13.2. The van der Waals surface area contributed by atoms with Gasteiger partial charge in [-0.05, 0) is 35.9 Å². The molecule has 11 heteroatoms. The van der Waals surface area contributed by atoms with Gasteiger partial charge in [-0.1, -0.05) is 12.1 Å². The largest absolute Gasteiger partial charge is 0.573 e. The zero-order chi connectivity index (χ0) is 21.0. The second-order valence-electron chi connectivity index (χ2n) is 5.87. The summed E-state index contributed by atoms with van der Waals surface area (Å²) < 4.78 is 66.2. The number of hydroxylamine groups is 1. The molecule has 1 aliphatic heterocycles. The highest BCUT2D eigenvalue weighted by Gasteiger charge is 2.33. The molecule has 0 bridgehead atoms. The molecule has 1 heterocycles. The minimum atomic E-state index is -4.99. The van der Waals surface area contributed by atoms with Crippen LogP contribution in [0.5, 0.6) is 11.5 Å². The van der Waals surface area contributed by atoms with E-state index in [1.165, 1.54) is 35.8 Å². The van der Waals surface area contributed by atoms with Gasteiger partial charge in [-0.2, -0.15) is 0 Å². The zero-order valence-corrected chi connectivity index (χ0v) is 14.6. The average Bonchev–Trinajstić information content (AvgIpc) is 3.15. The summed E-state index contributed by atoms with van der Waals surface area (Å²) in [4.78, 5) is 15.3. The van der Waals surface area contributed by atoms with Crippen LogP contribution in [0.25, 0.3) is 0 Å². The van der Waals surface area contributed by atoms with E-state index in [1.54, 1.807) is 6.07 Å². The Morgan fingerprint density at radius 1 is 1.24 bits per heavy atom. The summed E-state index contributed by atoms with van der Waals surface area (Å²) in [6, 6.07) is 7.93. The van der Waals surface area contributed by atoms with Gasteiger partial charge >= 0.3 is 6.36 Å². The monoisotopic (exact) mass is 414 g/mol. The maximum Gasteiger partial charge on any atom is 0.573 e.